The van der Waals surface area contributed by atoms with Crippen LogP contribution in [-0.4, -0.2) is 10.2 Å². The number of halogens is 2. The minimum atomic E-state index is 0.395. The molecule has 0 saturated heterocycles. The van der Waals surface area contributed by atoms with Crippen LogP contribution in [0.5, 0.6) is 0 Å². The average molecular weight is 326 g/mol. The maximum absolute atomic E-state index is 6.34. The van der Waals surface area contributed by atoms with E-state index >= 15 is 0 Å². The van der Waals surface area contributed by atoms with Crippen LogP contribution < -0.4 is 5.73 Å². The normalized spacial score (nSPS) is 11.3. The van der Waals surface area contributed by atoms with Crippen LogP contribution in [0.25, 0.3) is 11.1 Å². The van der Waals surface area contributed by atoms with Gasteiger partial charge in [0.25, 0.3) is 0 Å². The van der Waals surface area contributed by atoms with Gasteiger partial charge in [-0.3, -0.25) is 5.10 Å². The molecule has 0 unspecified atom stereocenters. The first-order valence-corrected chi connectivity index (χ1v) is 8.13. The molecule has 0 spiro atoms. The summed E-state index contributed by atoms with van der Waals surface area (Å²) in [5, 5.41) is 8.50. The van der Waals surface area contributed by atoms with Gasteiger partial charge >= 0.3 is 0 Å². The van der Waals surface area contributed by atoms with Crippen LogP contribution in [0, 0.1) is 0 Å². The molecule has 1 heterocycles. The van der Waals surface area contributed by atoms with Gasteiger partial charge < -0.3 is 5.73 Å². The number of hydrogen-bond acceptors (Lipinski definition) is 2. The highest BCUT2D eigenvalue weighted by Gasteiger charge is 2.23. The number of nitrogens with one attached hydrogen (secondary N) is 1. The SMILES string of the molecule is CCCC(CCC)c1[nH]nc(N)c1-c1c(Cl)cccc1Cl. The van der Waals surface area contributed by atoms with Crippen molar-refractivity contribution < 1.29 is 0 Å². The van der Waals surface area contributed by atoms with E-state index < -0.39 is 0 Å². The Kier molecular flexibility index (Phi) is 5.54. The second kappa shape index (κ2) is 7.19. The molecule has 3 nitrogen and oxygen atoms in total. The maximum atomic E-state index is 6.34. The molecule has 21 heavy (non-hydrogen) atoms. The number of rotatable bonds is 6. The summed E-state index contributed by atoms with van der Waals surface area (Å²) in [5.41, 5.74) is 8.76. The lowest BCUT2D eigenvalue weighted by Crippen LogP contribution is -2.02. The van der Waals surface area contributed by atoms with Gasteiger partial charge in [0.05, 0.1) is 10.0 Å². The van der Waals surface area contributed by atoms with Crippen LogP contribution in [0.2, 0.25) is 10.0 Å². The van der Waals surface area contributed by atoms with Crippen molar-refractivity contribution in [2.75, 3.05) is 5.73 Å². The highest BCUT2D eigenvalue weighted by Crippen LogP contribution is 2.42. The van der Waals surface area contributed by atoms with Crippen molar-refractivity contribution in [3.8, 4) is 11.1 Å². The molecule has 0 fully saturated rings. The van der Waals surface area contributed by atoms with E-state index in [9.17, 15) is 0 Å². The lowest BCUT2D eigenvalue weighted by Gasteiger charge is -2.17. The highest BCUT2D eigenvalue weighted by atomic mass is 35.5. The predicted octanol–water partition coefficient (Wildman–Crippen LogP) is 5.65. The van der Waals surface area contributed by atoms with Gasteiger partial charge in [0, 0.05) is 22.7 Å². The number of aromatic nitrogens is 2. The Morgan fingerprint density at radius 1 is 1.10 bits per heavy atom. The van der Waals surface area contributed by atoms with Gasteiger partial charge in [-0.2, -0.15) is 5.10 Å². The number of H-pyrrole nitrogens is 1. The molecule has 0 radical (unpaired) electrons. The standard InChI is InChI=1S/C16H21Cl2N3/c1-3-6-10(7-4-2)15-14(16(19)21-20-15)13-11(17)8-5-9-12(13)18/h5,8-10H,3-4,6-7H2,1-2H3,(H3,19,20,21). The first-order valence-electron chi connectivity index (χ1n) is 7.38. The Morgan fingerprint density at radius 2 is 1.67 bits per heavy atom. The zero-order valence-corrected chi connectivity index (χ0v) is 13.9. The summed E-state index contributed by atoms with van der Waals surface area (Å²) in [6, 6.07) is 5.49. The van der Waals surface area contributed by atoms with Crippen LogP contribution in [0.3, 0.4) is 0 Å². The fourth-order valence-electron chi connectivity index (χ4n) is 2.79. The first-order chi connectivity index (χ1) is 10.1. The molecule has 3 N–H and O–H groups in total. The zero-order chi connectivity index (χ0) is 15.4. The van der Waals surface area contributed by atoms with Gasteiger partial charge in [-0.25, -0.2) is 0 Å². The van der Waals surface area contributed by atoms with E-state index in [0.29, 0.717) is 21.8 Å². The number of aromatic amines is 1. The number of nitrogens with zero attached hydrogens (tertiary/aromatic N) is 1. The van der Waals surface area contributed by atoms with Gasteiger partial charge in [0.15, 0.2) is 5.82 Å². The Hall–Kier alpha value is -1.19. The zero-order valence-electron chi connectivity index (χ0n) is 12.4. The first kappa shape index (κ1) is 16.2. The second-order valence-corrected chi connectivity index (χ2v) is 6.08. The minimum Gasteiger partial charge on any atom is -0.382 e. The molecule has 114 valence electrons. The lowest BCUT2D eigenvalue weighted by atomic mass is 9.90. The molecule has 2 aromatic rings. The summed E-state index contributed by atoms with van der Waals surface area (Å²) >= 11 is 12.7. The maximum Gasteiger partial charge on any atom is 0.153 e. The number of hydrogen-bond donors (Lipinski definition) is 2. The van der Waals surface area contributed by atoms with Crippen molar-refractivity contribution in [1.82, 2.24) is 10.2 Å². The van der Waals surface area contributed by atoms with Crippen molar-refractivity contribution >= 4 is 29.0 Å². The molecule has 0 aliphatic rings. The second-order valence-electron chi connectivity index (χ2n) is 5.27. The summed E-state index contributed by atoms with van der Waals surface area (Å²) in [4.78, 5) is 0. The monoisotopic (exact) mass is 325 g/mol. The largest absolute Gasteiger partial charge is 0.382 e. The number of anilines is 1. The quantitative estimate of drug-likeness (QED) is 0.720. The van der Waals surface area contributed by atoms with E-state index in [-0.39, 0.29) is 0 Å². The molecule has 0 aliphatic carbocycles. The van der Waals surface area contributed by atoms with E-state index in [4.69, 9.17) is 28.9 Å². The third-order valence-electron chi connectivity index (χ3n) is 3.72. The van der Waals surface area contributed by atoms with Crippen molar-refractivity contribution in [2.45, 2.75) is 45.4 Å². The van der Waals surface area contributed by atoms with Crippen LogP contribution in [0.4, 0.5) is 5.82 Å². The summed E-state index contributed by atoms with van der Waals surface area (Å²) in [6.45, 7) is 4.37. The number of nitrogens with two attached hydrogens (primary N) is 1. The summed E-state index contributed by atoms with van der Waals surface area (Å²) in [6.07, 6.45) is 4.40. The molecular formula is C16H21Cl2N3. The van der Waals surface area contributed by atoms with E-state index in [0.717, 1.165) is 42.5 Å². The molecule has 0 aliphatic heterocycles. The summed E-state index contributed by atoms with van der Waals surface area (Å²) in [5.74, 6) is 0.851. The van der Waals surface area contributed by atoms with E-state index in [1.165, 1.54) is 0 Å². The van der Waals surface area contributed by atoms with Crippen LogP contribution in [-0.2, 0) is 0 Å². The van der Waals surface area contributed by atoms with Crippen LogP contribution in [0.15, 0.2) is 18.2 Å². The van der Waals surface area contributed by atoms with Gasteiger partial charge in [-0.1, -0.05) is 56.0 Å². The Balaban J connectivity index is 2.56. The van der Waals surface area contributed by atoms with Gasteiger partial charge in [0.1, 0.15) is 0 Å². The molecule has 0 atom stereocenters. The number of nitrogen functional groups attached to an aromatic ring is 1. The van der Waals surface area contributed by atoms with E-state index in [1.807, 2.05) is 18.2 Å². The molecule has 2 rings (SSSR count). The molecule has 0 amide bonds. The lowest BCUT2D eigenvalue weighted by molar-refractivity contribution is 0.548. The third-order valence-corrected chi connectivity index (χ3v) is 4.35. The van der Waals surface area contributed by atoms with Gasteiger partial charge in [0.2, 0.25) is 0 Å². The Bertz CT molecular complexity index is 581. The molecule has 1 aromatic carbocycles. The van der Waals surface area contributed by atoms with Crippen LogP contribution >= 0.6 is 23.2 Å². The van der Waals surface area contributed by atoms with Crippen molar-refractivity contribution in [2.24, 2.45) is 0 Å². The molecule has 0 bridgehead atoms. The van der Waals surface area contributed by atoms with Crippen molar-refractivity contribution in [3.05, 3.63) is 33.9 Å². The van der Waals surface area contributed by atoms with Gasteiger partial charge in [-0.15, -0.1) is 0 Å². The van der Waals surface area contributed by atoms with E-state index in [1.54, 1.807) is 0 Å². The average Bonchev–Trinajstić information content (AvgIpc) is 2.81. The van der Waals surface area contributed by atoms with E-state index in [2.05, 4.69) is 24.0 Å². The smallest absolute Gasteiger partial charge is 0.153 e. The molecule has 5 heteroatoms. The minimum absolute atomic E-state index is 0.395. The highest BCUT2D eigenvalue weighted by molar-refractivity contribution is 6.39. The number of benzene rings is 1. The summed E-state index contributed by atoms with van der Waals surface area (Å²) < 4.78 is 0. The van der Waals surface area contributed by atoms with Crippen molar-refractivity contribution in [1.29, 1.82) is 0 Å². The molecule has 0 saturated carbocycles. The Labute approximate surface area is 135 Å². The molecule has 1 aromatic heterocycles. The predicted molar refractivity (Wildman–Crippen MR) is 91.0 cm³/mol. The summed E-state index contributed by atoms with van der Waals surface area (Å²) in [7, 11) is 0. The fraction of sp³-hybridized carbons (Fsp3) is 0.438. The Morgan fingerprint density at radius 3 is 2.19 bits per heavy atom. The fourth-order valence-corrected chi connectivity index (χ4v) is 3.38. The topological polar surface area (TPSA) is 54.7 Å². The van der Waals surface area contributed by atoms with Crippen LogP contribution in [0.1, 0.15) is 51.1 Å². The third kappa shape index (κ3) is 3.35. The van der Waals surface area contributed by atoms with Gasteiger partial charge in [-0.05, 0) is 25.0 Å². The van der Waals surface area contributed by atoms with Crippen molar-refractivity contribution in [3.63, 3.8) is 0 Å². The molecular weight excluding hydrogens is 305 g/mol.